The number of rotatable bonds is 8. The lowest BCUT2D eigenvalue weighted by atomic mass is 10.1. The molecule has 6 heteroatoms. The van der Waals surface area contributed by atoms with E-state index < -0.39 is 0 Å². The van der Waals surface area contributed by atoms with Crippen molar-refractivity contribution in [3.8, 4) is 0 Å². The molecule has 0 fully saturated rings. The Morgan fingerprint density at radius 3 is 2.38 bits per heavy atom. The molecule has 3 N–H and O–H groups in total. The monoisotopic (exact) mass is 349 g/mol. The predicted molar refractivity (Wildman–Crippen MR) is 103 cm³/mol. The summed E-state index contributed by atoms with van der Waals surface area (Å²) >= 11 is 5.14. The van der Waals surface area contributed by atoms with E-state index in [2.05, 4.69) is 22.9 Å². The van der Waals surface area contributed by atoms with Crippen molar-refractivity contribution in [1.29, 1.82) is 0 Å². The molecule has 0 saturated heterocycles. The minimum atomic E-state index is -0.108. The van der Waals surface area contributed by atoms with Gasteiger partial charge < -0.3 is 16.0 Å². The van der Waals surface area contributed by atoms with Crippen molar-refractivity contribution in [3.05, 3.63) is 24.3 Å². The average Bonchev–Trinajstić information content (AvgIpc) is 2.46. The number of thiocarbonyl (C=S) groups is 1. The van der Waals surface area contributed by atoms with Gasteiger partial charge in [-0.3, -0.25) is 9.59 Å². The number of unbranched alkanes of at least 4 members (excludes halogenated alkanes) is 2. The van der Waals surface area contributed by atoms with Gasteiger partial charge in [-0.1, -0.05) is 39.7 Å². The Labute approximate surface area is 149 Å². The maximum absolute atomic E-state index is 11.9. The summed E-state index contributed by atoms with van der Waals surface area (Å²) < 4.78 is 0. The molecule has 0 bridgehead atoms. The molecule has 0 aliphatic heterocycles. The Bertz CT molecular complexity index is 573. The number of hydrogen-bond acceptors (Lipinski definition) is 3. The number of hydrogen-bond donors (Lipinski definition) is 3. The third-order valence-corrected chi connectivity index (χ3v) is 3.46. The Morgan fingerprint density at radius 2 is 1.75 bits per heavy atom. The summed E-state index contributed by atoms with van der Waals surface area (Å²) in [4.78, 5) is 23.6. The lowest BCUT2D eigenvalue weighted by molar-refractivity contribution is -0.120. The van der Waals surface area contributed by atoms with E-state index in [1.807, 2.05) is 32.0 Å². The van der Waals surface area contributed by atoms with Gasteiger partial charge in [0.1, 0.15) is 0 Å². The van der Waals surface area contributed by atoms with Crippen LogP contribution in [0.5, 0.6) is 0 Å². The van der Waals surface area contributed by atoms with E-state index in [9.17, 15) is 9.59 Å². The number of benzene rings is 1. The maximum Gasteiger partial charge on any atom is 0.226 e. The molecule has 132 valence electrons. The van der Waals surface area contributed by atoms with Crippen molar-refractivity contribution < 1.29 is 9.59 Å². The van der Waals surface area contributed by atoms with Crippen LogP contribution in [-0.2, 0) is 9.59 Å². The van der Waals surface area contributed by atoms with Crippen LogP contribution in [-0.4, -0.2) is 16.9 Å². The lowest BCUT2D eigenvalue weighted by Crippen LogP contribution is -2.34. The summed E-state index contributed by atoms with van der Waals surface area (Å²) in [5.74, 6) is 0.176. The highest BCUT2D eigenvalue weighted by Gasteiger charge is 2.08. The second kappa shape index (κ2) is 10.8. The van der Waals surface area contributed by atoms with E-state index in [-0.39, 0.29) is 22.8 Å². The summed E-state index contributed by atoms with van der Waals surface area (Å²) in [5, 5.41) is 8.74. The summed E-state index contributed by atoms with van der Waals surface area (Å²) in [6.45, 7) is 6.06. The molecule has 0 radical (unpaired) electrons. The topological polar surface area (TPSA) is 70.2 Å². The van der Waals surface area contributed by atoms with Crippen molar-refractivity contribution in [2.75, 3.05) is 10.6 Å². The molecule has 24 heavy (non-hydrogen) atoms. The van der Waals surface area contributed by atoms with E-state index in [1.54, 1.807) is 6.07 Å². The first kappa shape index (κ1) is 20.1. The Morgan fingerprint density at radius 1 is 1.08 bits per heavy atom. The van der Waals surface area contributed by atoms with Gasteiger partial charge in [0, 0.05) is 24.2 Å². The normalized spacial score (nSPS) is 10.3. The maximum atomic E-state index is 11.9. The minimum Gasteiger partial charge on any atom is -0.332 e. The molecule has 0 unspecified atom stereocenters. The highest BCUT2D eigenvalue weighted by atomic mass is 32.1. The van der Waals surface area contributed by atoms with Crippen molar-refractivity contribution in [2.45, 2.75) is 52.9 Å². The fourth-order valence-electron chi connectivity index (χ4n) is 2.14. The van der Waals surface area contributed by atoms with Crippen LogP contribution < -0.4 is 16.0 Å². The first-order chi connectivity index (χ1) is 11.4. The molecule has 2 amide bonds. The summed E-state index contributed by atoms with van der Waals surface area (Å²) in [6.07, 6.45) is 3.99. The van der Waals surface area contributed by atoms with Crippen LogP contribution in [0.1, 0.15) is 52.9 Å². The van der Waals surface area contributed by atoms with E-state index in [1.165, 1.54) is 0 Å². The second-order valence-electron chi connectivity index (χ2n) is 6.19. The molecule has 1 aromatic rings. The Balaban J connectivity index is 2.51. The SMILES string of the molecule is CCCCCC(=O)Nc1cccc(NC(=S)NC(=O)CC(C)C)c1. The van der Waals surface area contributed by atoms with Crippen LogP contribution in [0.3, 0.4) is 0 Å². The molecule has 1 rings (SSSR count). The number of anilines is 2. The smallest absolute Gasteiger partial charge is 0.226 e. The average molecular weight is 350 g/mol. The first-order valence-electron chi connectivity index (χ1n) is 8.41. The molecule has 5 nitrogen and oxygen atoms in total. The Hall–Kier alpha value is -1.95. The first-order valence-corrected chi connectivity index (χ1v) is 8.82. The third kappa shape index (κ3) is 8.62. The largest absolute Gasteiger partial charge is 0.332 e. The quantitative estimate of drug-likeness (QED) is 0.489. The van der Waals surface area contributed by atoms with E-state index in [4.69, 9.17) is 12.2 Å². The van der Waals surface area contributed by atoms with Gasteiger partial charge in [-0.15, -0.1) is 0 Å². The fraction of sp³-hybridized carbons (Fsp3) is 0.500. The lowest BCUT2D eigenvalue weighted by Gasteiger charge is -2.12. The number of nitrogens with one attached hydrogen (secondary N) is 3. The molecular weight excluding hydrogens is 322 g/mol. The van der Waals surface area contributed by atoms with Crippen molar-refractivity contribution in [3.63, 3.8) is 0 Å². The minimum absolute atomic E-state index is 0.00779. The van der Waals surface area contributed by atoms with Crippen LogP contribution in [0.4, 0.5) is 11.4 Å². The van der Waals surface area contributed by atoms with Crippen LogP contribution in [0.25, 0.3) is 0 Å². The molecule has 0 atom stereocenters. The van der Waals surface area contributed by atoms with E-state index in [0.717, 1.165) is 24.9 Å². The fourth-order valence-corrected chi connectivity index (χ4v) is 2.38. The zero-order valence-electron chi connectivity index (χ0n) is 14.6. The third-order valence-electron chi connectivity index (χ3n) is 3.26. The van der Waals surface area contributed by atoms with Gasteiger partial charge in [0.05, 0.1) is 0 Å². The highest BCUT2D eigenvalue weighted by Crippen LogP contribution is 2.15. The van der Waals surface area contributed by atoms with Crippen molar-refractivity contribution in [1.82, 2.24) is 5.32 Å². The molecule has 0 aromatic heterocycles. The number of amides is 2. The second-order valence-corrected chi connectivity index (χ2v) is 6.59. The van der Waals surface area contributed by atoms with Crippen LogP contribution in [0.15, 0.2) is 24.3 Å². The number of carbonyl (C=O) groups is 2. The van der Waals surface area contributed by atoms with E-state index in [0.29, 0.717) is 18.5 Å². The number of carbonyl (C=O) groups excluding carboxylic acids is 2. The van der Waals surface area contributed by atoms with Gasteiger partial charge in [-0.25, -0.2) is 0 Å². The molecular formula is C18H27N3O2S. The molecule has 0 spiro atoms. The van der Waals surface area contributed by atoms with Gasteiger partial charge in [-0.2, -0.15) is 0 Å². The van der Waals surface area contributed by atoms with Gasteiger partial charge in [0.2, 0.25) is 11.8 Å². The van der Waals surface area contributed by atoms with Crippen molar-refractivity contribution in [2.24, 2.45) is 5.92 Å². The van der Waals surface area contributed by atoms with Gasteiger partial charge >= 0.3 is 0 Å². The predicted octanol–water partition coefficient (Wildman–Crippen LogP) is 4.06. The molecule has 0 aliphatic carbocycles. The van der Waals surface area contributed by atoms with Crippen molar-refractivity contribution >= 4 is 40.5 Å². The Kier molecular flexibility index (Phi) is 9.01. The van der Waals surface area contributed by atoms with Crippen LogP contribution in [0, 0.1) is 5.92 Å². The van der Waals surface area contributed by atoms with E-state index >= 15 is 0 Å². The zero-order chi connectivity index (χ0) is 17.9. The highest BCUT2D eigenvalue weighted by molar-refractivity contribution is 7.80. The van der Waals surface area contributed by atoms with Crippen LogP contribution in [0.2, 0.25) is 0 Å². The molecule has 0 aliphatic rings. The summed E-state index contributed by atoms with van der Waals surface area (Å²) in [6, 6.07) is 7.26. The standard InChI is InChI=1S/C18H27N3O2S/c1-4-5-6-10-16(22)19-14-8-7-9-15(12-14)20-18(24)21-17(23)11-13(2)3/h7-9,12-13H,4-6,10-11H2,1-3H3,(H,19,22)(H2,20,21,23,24). The zero-order valence-corrected chi connectivity index (χ0v) is 15.5. The van der Waals surface area contributed by atoms with Gasteiger partial charge in [-0.05, 0) is 42.8 Å². The summed E-state index contributed by atoms with van der Waals surface area (Å²) in [5.41, 5.74) is 1.43. The van der Waals surface area contributed by atoms with Crippen LogP contribution >= 0.6 is 12.2 Å². The van der Waals surface area contributed by atoms with Gasteiger partial charge in [0.15, 0.2) is 5.11 Å². The molecule has 0 heterocycles. The molecule has 0 saturated carbocycles. The van der Waals surface area contributed by atoms with Gasteiger partial charge in [0.25, 0.3) is 0 Å². The molecule has 1 aromatic carbocycles. The summed E-state index contributed by atoms with van der Waals surface area (Å²) in [7, 11) is 0.